The van der Waals surface area contributed by atoms with Crippen molar-refractivity contribution in [2.45, 2.75) is 103 Å². The second-order valence-electron chi connectivity index (χ2n) is 10.9. The molecule has 1 aromatic carbocycles. The molecule has 0 radical (unpaired) electrons. The van der Waals surface area contributed by atoms with E-state index in [0.717, 1.165) is 65.6 Å². The molecule has 8 heteroatoms. The molecule has 0 spiro atoms. The third kappa shape index (κ3) is 6.52. The van der Waals surface area contributed by atoms with Crippen molar-refractivity contribution in [3.05, 3.63) is 35.1 Å². The van der Waals surface area contributed by atoms with Gasteiger partial charge in [0.15, 0.2) is 11.6 Å². The first-order valence-corrected chi connectivity index (χ1v) is 15.6. The largest absolute Gasteiger partial charge is 0.366 e. The van der Waals surface area contributed by atoms with E-state index in [9.17, 15) is 4.79 Å². The van der Waals surface area contributed by atoms with Crippen LogP contribution in [0.25, 0.3) is 10.2 Å². The number of unbranched alkanes of at least 4 members (excludes halogenated alkanes) is 1. The molecule has 2 fully saturated rings. The number of carbonyl (C=O) groups excluding carboxylic acids is 1. The predicted octanol–water partition coefficient (Wildman–Crippen LogP) is 7.36. The maximum Gasteiger partial charge on any atom is 0.185 e. The highest BCUT2D eigenvalue weighted by molar-refractivity contribution is 7.16. The summed E-state index contributed by atoms with van der Waals surface area (Å²) in [7, 11) is 0. The number of carbonyl (C=O) groups is 1. The van der Waals surface area contributed by atoms with Crippen LogP contribution in [0.15, 0.2) is 23.7 Å². The first-order valence-electron chi connectivity index (χ1n) is 14.7. The van der Waals surface area contributed by atoms with E-state index in [1.165, 1.54) is 51.6 Å². The fourth-order valence-electron chi connectivity index (χ4n) is 5.88. The van der Waals surface area contributed by atoms with Crippen LogP contribution in [-0.4, -0.2) is 50.8 Å². The highest BCUT2D eigenvalue weighted by Crippen LogP contribution is 2.30. The van der Waals surface area contributed by atoms with Gasteiger partial charge in [0.2, 0.25) is 0 Å². The summed E-state index contributed by atoms with van der Waals surface area (Å²) < 4.78 is 1.10. The normalized spacial score (nSPS) is 20.8. The van der Waals surface area contributed by atoms with E-state index in [2.05, 4.69) is 40.4 Å². The summed E-state index contributed by atoms with van der Waals surface area (Å²) in [6.07, 6.45) is 13.3. The first-order chi connectivity index (χ1) is 18.6. The van der Waals surface area contributed by atoms with E-state index < -0.39 is 0 Å². The number of hydrogen-bond donors (Lipinski definition) is 2. The van der Waals surface area contributed by atoms with Gasteiger partial charge in [0.05, 0.1) is 21.4 Å². The highest BCUT2D eigenvalue weighted by atomic mass is 32.1. The molecule has 38 heavy (non-hydrogen) atoms. The number of nitrogens with zero attached hydrogens (tertiary/aromatic N) is 4. The van der Waals surface area contributed by atoms with Gasteiger partial charge in [-0.3, -0.25) is 4.79 Å². The average Bonchev–Trinajstić information content (AvgIpc) is 3.24. The van der Waals surface area contributed by atoms with Gasteiger partial charge >= 0.3 is 0 Å². The third-order valence-corrected chi connectivity index (χ3v) is 8.90. The van der Waals surface area contributed by atoms with Gasteiger partial charge in [-0.25, -0.2) is 15.0 Å². The number of fused-ring (bicyclic) bond motifs is 1. The quantitative estimate of drug-likeness (QED) is 0.263. The Bertz CT molecular complexity index is 1210. The van der Waals surface area contributed by atoms with Gasteiger partial charge in [-0.15, -0.1) is 11.3 Å². The maximum absolute atomic E-state index is 13.2. The van der Waals surface area contributed by atoms with Crippen LogP contribution in [0, 0.1) is 0 Å². The van der Waals surface area contributed by atoms with Crippen molar-refractivity contribution < 1.29 is 4.79 Å². The van der Waals surface area contributed by atoms with Gasteiger partial charge < -0.3 is 15.5 Å². The molecule has 1 aliphatic carbocycles. The van der Waals surface area contributed by atoms with Gasteiger partial charge in [-0.05, 0) is 82.7 Å². The van der Waals surface area contributed by atoms with E-state index >= 15 is 0 Å². The van der Waals surface area contributed by atoms with Gasteiger partial charge in [0.25, 0.3) is 0 Å². The molecule has 1 saturated heterocycles. The SMILES string of the molecule is CCCCC(=O)c1nc(CC)c(NC2CCC(N3CCCCCC3)CC2)nc1Nc1ccc2ncsc2c1. The molecule has 0 atom stereocenters. The van der Waals surface area contributed by atoms with E-state index in [4.69, 9.17) is 9.97 Å². The Kier molecular flexibility index (Phi) is 9.22. The second kappa shape index (κ2) is 13.0. The number of thiazole rings is 1. The lowest BCUT2D eigenvalue weighted by atomic mass is 9.90. The molecule has 1 saturated carbocycles. The van der Waals surface area contributed by atoms with Gasteiger partial charge in [0.1, 0.15) is 11.5 Å². The Morgan fingerprint density at radius 2 is 1.82 bits per heavy atom. The van der Waals surface area contributed by atoms with Crippen molar-refractivity contribution in [2.75, 3.05) is 23.7 Å². The minimum atomic E-state index is 0.0555. The Hall–Kier alpha value is -2.58. The number of nitrogens with one attached hydrogen (secondary N) is 2. The molecule has 2 aliphatic rings. The molecule has 0 bridgehead atoms. The fourth-order valence-corrected chi connectivity index (χ4v) is 6.59. The monoisotopic (exact) mass is 534 g/mol. The number of anilines is 3. The highest BCUT2D eigenvalue weighted by Gasteiger charge is 2.27. The Labute approximate surface area is 230 Å². The lowest BCUT2D eigenvalue weighted by Gasteiger charge is -2.37. The van der Waals surface area contributed by atoms with E-state index in [1.54, 1.807) is 11.3 Å². The topological polar surface area (TPSA) is 83.0 Å². The van der Waals surface area contributed by atoms with Crippen molar-refractivity contribution in [3.8, 4) is 0 Å². The van der Waals surface area contributed by atoms with Crippen molar-refractivity contribution >= 4 is 44.7 Å². The zero-order chi connectivity index (χ0) is 26.3. The van der Waals surface area contributed by atoms with Crippen LogP contribution in [0.5, 0.6) is 0 Å². The molecule has 2 aromatic heterocycles. The summed E-state index contributed by atoms with van der Waals surface area (Å²) in [5.74, 6) is 1.42. The van der Waals surface area contributed by atoms with Crippen molar-refractivity contribution in [2.24, 2.45) is 0 Å². The number of ketones is 1. The molecule has 2 N–H and O–H groups in total. The van der Waals surface area contributed by atoms with Gasteiger partial charge in [-0.1, -0.05) is 33.1 Å². The van der Waals surface area contributed by atoms with Gasteiger partial charge in [-0.2, -0.15) is 0 Å². The van der Waals surface area contributed by atoms with Crippen LogP contribution in [0.3, 0.4) is 0 Å². The number of aromatic nitrogens is 3. The van der Waals surface area contributed by atoms with Crippen molar-refractivity contribution in [3.63, 3.8) is 0 Å². The Morgan fingerprint density at radius 1 is 1.03 bits per heavy atom. The molecule has 5 rings (SSSR count). The van der Waals surface area contributed by atoms with Crippen LogP contribution in [0.2, 0.25) is 0 Å². The predicted molar refractivity (Wildman–Crippen MR) is 158 cm³/mol. The molecule has 7 nitrogen and oxygen atoms in total. The van der Waals surface area contributed by atoms with Crippen LogP contribution in [0.1, 0.15) is 101 Å². The maximum atomic E-state index is 13.2. The molecule has 0 amide bonds. The van der Waals surface area contributed by atoms with Gasteiger partial charge in [0, 0.05) is 24.2 Å². The third-order valence-electron chi connectivity index (χ3n) is 8.11. The minimum absolute atomic E-state index is 0.0555. The summed E-state index contributed by atoms with van der Waals surface area (Å²) in [6.45, 7) is 6.74. The average molecular weight is 535 g/mol. The Morgan fingerprint density at radius 3 is 2.55 bits per heavy atom. The molecule has 3 aromatic rings. The van der Waals surface area contributed by atoms with Crippen LogP contribution in [-0.2, 0) is 6.42 Å². The number of aryl methyl sites for hydroxylation is 1. The number of benzene rings is 1. The first kappa shape index (κ1) is 27.0. The molecule has 3 heterocycles. The molecule has 204 valence electrons. The molecule has 1 aliphatic heterocycles. The minimum Gasteiger partial charge on any atom is -0.366 e. The summed E-state index contributed by atoms with van der Waals surface area (Å²) in [6, 6.07) is 7.18. The zero-order valence-corrected chi connectivity index (χ0v) is 23.8. The molecular weight excluding hydrogens is 492 g/mol. The van der Waals surface area contributed by atoms with E-state index in [0.29, 0.717) is 24.0 Å². The van der Waals surface area contributed by atoms with Crippen LogP contribution >= 0.6 is 11.3 Å². The van der Waals surface area contributed by atoms with E-state index in [-0.39, 0.29) is 5.78 Å². The van der Waals surface area contributed by atoms with E-state index in [1.807, 2.05) is 17.6 Å². The second-order valence-corrected chi connectivity index (χ2v) is 11.7. The lowest BCUT2D eigenvalue weighted by Crippen LogP contribution is -2.41. The summed E-state index contributed by atoms with van der Waals surface area (Å²) >= 11 is 1.61. The van der Waals surface area contributed by atoms with Crippen LogP contribution in [0.4, 0.5) is 17.3 Å². The Balaban J connectivity index is 1.35. The summed E-state index contributed by atoms with van der Waals surface area (Å²) in [4.78, 5) is 30.2. The summed E-state index contributed by atoms with van der Waals surface area (Å²) in [5.41, 5.74) is 5.06. The smallest absolute Gasteiger partial charge is 0.185 e. The number of Topliss-reactive ketones (excluding diaryl/α,β-unsaturated/α-hetero) is 1. The number of likely N-dealkylation sites (tertiary alicyclic amines) is 1. The lowest BCUT2D eigenvalue weighted by molar-refractivity contribution is 0.0975. The zero-order valence-electron chi connectivity index (χ0n) is 23.0. The number of hydrogen-bond acceptors (Lipinski definition) is 8. The van der Waals surface area contributed by atoms with Crippen molar-refractivity contribution in [1.29, 1.82) is 0 Å². The standard InChI is InChI=1S/C30H42N6OS/c1-3-5-10-26(37)28-30(33-22-13-16-25-27(19-22)38-20-31-25)35-29(24(4-2)34-28)32-21-11-14-23(15-12-21)36-17-8-6-7-9-18-36/h13,16,19-21,23H,3-12,14-15,17-18H2,1-2H3,(H2,32,33,35). The fraction of sp³-hybridized carbons (Fsp3) is 0.600. The van der Waals surface area contributed by atoms with Crippen molar-refractivity contribution in [1.82, 2.24) is 19.9 Å². The molecule has 0 unspecified atom stereocenters. The molecular formula is C30H42N6OS. The summed E-state index contributed by atoms with van der Waals surface area (Å²) in [5, 5.41) is 7.18. The number of rotatable bonds is 10. The van der Waals surface area contributed by atoms with Crippen LogP contribution < -0.4 is 10.6 Å².